The van der Waals surface area contributed by atoms with Gasteiger partial charge in [0.2, 0.25) is 0 Å². The predicted molar refractivity (Wildman–Crippen MR) is 107 cm³/mol. The average Bonchev–Trinajstić information content (AvgIpc) is 3.01. The molecule has 0 radical (unpaired) electrons. The van der Waals surface area contributed by atoms with E-state index in [4.69, 9.17) is 0 Å². The van der Waals surface area contributed by atoms with Crippen molar-refractivity contribution in [3.63, 3.8) is 0 Å². The highest BCUT2D eigenvalue weighted by atomic mass is 16.1. The zero-order valence-electron chi connectivity index (χ0n) is 16.0. The van der Waals surface area contributed by atoms with Crippen molar-refractivity contribution in [2.45, 2.75) is 83.3 Å². The standard InChI is InChI=1S/C22H31N3O/c1-14(2)23-22(26)15-11-12-19-18(13-15)17-9-6-10-20(21(17)25-19)24-16-7-4-3-5-8-16/h11-14,16,20,24-25H,3-10H2,1-2H3,(H,23,26). The highest BCUT2D eigenvalue weighted by Crippen LogP contribution is 2.36. The van der Waals surface area contributed by atoms with E-state index in [1.54, 1.807) is 0 Å². The molecule has 0 bridgehead atoms. The van der Waals surface area contributed by atoms with Crippen molar-refractivity contribution >= 4 is 16.8 Å². The molecule has 2 aromatic rings. The summed E-state index contributed by atoms with van der Waals surface area (Å²) in [6.07, 6.45) is 10.3. The molecule has 26 heavy (non-hydrogen) atoms. The van der Waals surface area contributed by atoms with Crippen LogP contribution in [0, 0.1) is 0 Å². The number of H-pyrrole nitrogens is 1. The first kappa shape index (κ1) is 17.6. The lowest BCUT2D eigenvalue weighted by Gasteiger charge is -2.31. The van der Waals surface area contributed by atoms with Gasteiger partial charge in [-0.05, 0) is 69.7 Å². The van der Waals surface area contributed by atoms with E-state index in [0.717, 1.165) is 17.5 Å². The first-order valence-corrected chi connectivity index (χ1v) is 10.3. The molecule has 4 heteroatoms. The predicted octanol–water partition coefficient (Wildman–Crippen LogP) is 4.61. The van der Waals surface area contributed by atoms with Crippen LogP contribution in [0.4, 0.5) is 0 Å². The summed E-state index contributed by atoms with van der Waals surface area (Å²) in [6, 6.07) is 7.33. The van der Waals surface area contributed by atoms with Gasteiger partial charge in [-0.15, -0.1) is 0 Å². The number of hydrogen-bond acceptors (Lipinski definition) is 2. The zero-order chi connectivity index (χ0) is 18.1. The monoisotopic (exact) mass is 353 g/mol. The van der Waals surface area contributed by atoms with Crippen LogP contribution in [0.25, 0.3) is 10.9 Å². The fraction of sp³-hybridized carbons (Fsp3) is 0.591. The van der Waals surface area contributed by atoms with Crippen LogP contribution >= 0.6 is 0 Å². The molecule has 1 saturated carbocycles. The van der Waals surface area contributed by atoms with Crippen molar-refractivity contribution in [1.82, 2.24) is 15.6 Å². The Labute approximate surface area is 156 Å². The van der Waals surface area contributed by atoms with E-state index in [0.29, 0.717) is 12.1 Å². The highest BCUT2D eigenvalue weighted by Gasteiger charge is 2.27. The van der Waals surface area contributed by atoms with Crippen LogP contribution in [-0.4, -0.2) is 23.0 Å². The minimum atomic E-state index is 0.0181. The van der Waals surface area contributed by atoms with Crippen LogP contribution in [0.15, 0.2) is 18.2 Å². The van der Waals surface area contributed by atoms with Crippen LogP contribution in [0.3, 0.4) is 0 Å². The van der Waals surface area contributed by atoms with Crippen LogP contribution in [-0.2, 0) is 6.42 Å². The lowest BCUT2D eigenvalue weighted by atomic mass is 9.89. The van der Waals surface area contributed by atoms with E-state index in [9.17, 15) is 4.79 Å². The Morgan fingerprint density at radius 3 is 2.69 bits per heavy atom. The number of benzene rings is 1. The van der Waals surface area contributed by atoms with Crippen molar-refractivity contribution in [1.29, 1.82) is 0 Å². The van der Waals surface area contributed by atoms with Gasteiger partial charge in [-0.2, -0.15) is 0 Å². The van der Waals surface area contributed by atoms with Crippen LogP contribution in [0.2, 0.25) is 0 Å². The van der Waals surface area contributed by atoms with Gasteiger partial charge in [-0.3, -0.25) is 4.79 Å². The molecule has 4 rings (SSSR count). The number of carbonyl (C=O) groups excluding carboxylic acids is 1. The molecule has 3 N–H and O–H groups in total. The second kappa shape index (κ2) is 7.43. The van der Waals surface area contributed by atoms with E-state index >= 15 is 0 Å². The van der Waals surface area contributed by atoms with Crippen molar-refractivity contribution in [2.75, 3.05) is 0 Å². The fourth-order valence-electron chi connectivity index (χ4n) is 4.67. The Morgan fingerprint density at radius 2 is 1.92 bits per heavy atom. The number of fused-ring (bicyclic) bond motifs is 3. The van der Waals surface area contributed by atoms with Crippen molar-refractivity contribution in [3.05, 3.63) is 35.0 Å². The van der Waals surface area contributed by atoms with Gasteiger partial charge in [-0.25, -0.2) is 0 Å². The smallest absolute Gasteiger partial charge is 0.251 e. The van der Waals surface area contributed by atoms with E-state index in [1.807, 2.05) is 19.9 Å². The Hall–Kier alpha value is -1.81. The third-order valence-corrected chi connectivity index (χ3v) is 5.93. The minimum Gasteiger partial charge on any atom is -0.357 e. The summed E-state index contributed by atoms with van der Waals surface area (Å²) < 4.78 is 0. The fourth-order valence-corrected chi connectivity index (χ4v) is 4.67. The van der Waals surface area contributed by atoms with Crippen molar-refractivity contribution in [3.8, 4) is 0 Å². The summed E-state index contributed by atoms with van der Waals surface area (Å²) in [5.74, 6) is 0.0181. The number of aromatic amines is 1. The molecular weight excluding hydrogens is 322 g/mol. The van der Waals surface area contributed by atoms with E-state index in [2.05, 4.69) is 27.8 Å². The first-order chi connectivity index (χ1) is 12.6. The number of carbonyl (C=O) groups is 1. The lowest BCUT2D eigenvalue weighted by Crippen LogP contribution is -2.36. The molecule has 1 atom stereocenters. The van der Waals surface area contributed by atoms with Gasteiger partial charge in [0.05, 0.1) is 0 Å². The lowest BCUT2D eigenvalue weighted by molar-refractivity contribution is 0.0943. The maximum atomic E-state index is 12.4. The molecule has 1 amide bonds. The molecule has 0 aliphatic heterocycles. The average molecular weight is 354 g/mol. The minimum absolute atomic E-state index is 0.0181. The van der Waals surface area contributed by atoms with E-state index < -0.39 is 0 Å². The Kier molecular flexibility index (Phi) is 5.03. The summed E-state index contributed by atoms with van der Waals surface area (Å²) in [7, 11) is 0. The second-order valence-corrected chi connectivity index (χ2v) is 8.35. The molecule has 1 aromatic carbocycles. The molecule has 2 aliphatic rings. The van der Waals surface area contributed by atoms with Crippen LogP contribution in [0.1, 0.15) is 86.5 Å². The maximum Gasteiger partial charge on any atom is 0.251 e. The second-order valence-electron chi connectivity index (χ2n) is 8.35. The zero-order valence-corrected chi connectivity index (χ0v) is 16.0. The summed E-state index contributed by atoms with van der Waals surface area (Å²) >= 11 is 0. The van der Waals surface area contributed by atoms with Gasteiger partial charge in [0, 0.05) is 40.3 Å². The van der Waals surface area contributed by atoms with E-state index in [-0.39, 0.29) is 11.9 Å². The molecule has 0 saturated heterocycles. The SMILES string of the molecule is CC(C)NC(=O)c1ccc2[nH]c3c(c2c1)CCCC3NC1CCCCC1. The summed E-state index contributed by atoms with van der Waals surface area (Å²) in [4.78, 5) is 16.1. The number of rotatable bonds is 4. The quantitative estimate of drug-likeness (QED) is 0.752. The maximum absolute atomic E-state index is 12.4. The molecule has 140 valence electrons. The number of amides is 1. The van der Waals surface area contributed by atoms with Crippen molar-refractivity contribution < 1.29 is 4.79 Å². The third-order valence-electron chi connectivity index (χ3n) is 5.93. The van der Waals surface area contributed by atoms with Gasteiger partial charge in [0.1, 0.15) is 0 Å². The first-order valence-electron chi connectivity index (χ1n) is 10.3. The van der Waals surface area contributed by atoms with Crippen LogP contribution < -0.4 is 10.6 Å². The topological polar surface area (TPSA) is 56.9 Å². The van der Waals surface area contributed by atoms with Crippen molar-refractivity contribution in [2.24, 2.45) is 0 Å². The molecule has 1 heterocycles. The van der Waals surface area contributed by atoms with Gasteiger partial charge in [0.25, 0.3) is 5.91 Å². The molecule has 1 fully saturated rings. The molecule has 1 unspecified atom stereocenters. The van der Waals surface area contributed by atoms with Gasteiger partial charge >= 0.3 is 0 Å². The van der Waals surface area contributed by atoms with E-state index in [1.165, 1.54) is 61.6 Å². The molecular formula is C22H31N3O. The summed E-state index contributed by atoms with van der Waals surface area (Å²) in [6.45, 7) is 3.99. The number of aryl methyl sites for hydroxylation is 1. The Balaban J connectivity index is 1.61. The number of nitrogens with one attached hydrogen (secondary N) is 3. The van der Waals surface area contributed by atoms with Crippen LogP contribution in [0.5, 0.6) is 0 Å². The number of aromatic nitrogens is 1. The normalized spacial score (nSPS) is 21.1. The molecule has 4 nitrogen and oxygen atoms in total. The Bertz CT molecular complexity index is 786. The third kappa shape index (κ3) is 3.52. The Morgan fingerprint density at radius 1 is 1.12 bits per heavy atom. The molecule has 0 spiro atoms. The summed E-state index contributed by atoms with van der Waals surface area (Å²) in [5, 5.41) is 8.15. The number of hydrogen-bond donors (Lipinski definition) is 3. The van der Waals surface area contributed by atoms with Gasteiger partial charge in [-0.1, -0.05) is 19.3 Å². The molecule has 2 aliphatic carbocycles. The van der Waals surface area contributed by atoms with Gasteiger partial charge in [0.15, 0.2) is 0 Å². The molecule has 1 aromatic heterocycles. The highest BCUT2D eigenvalue weighted by molar-refractivity contribution is 5.99. The van der Waals surface area contributed by atoms with Gasteiger partial charge < -0.3 is 15.6 Å². The summed E-state index contributed by atoms with van der Waals surface area (Å²) in [5.41, 5.74) is 4.70. The largest absolute Gasteiger partial charge is 0.357 e.